The summed E-state index contributed by atoms with van der Waals surface area (Å²) in [6.45, 7) is 3.63. The van der Waals surface area contributed by atoms with E-state index in [9.17, 15) is 0 Å². The Morgan fingerprint density at radius 3 is 2.62 bits per heavy atom. The number of methoxy groups -OCH3 is 1. The summed E-state index contributed by atoms with van der Waals surface area (Å²) in [5.41, 5.74) is 6.74. The molecule has 0 bridgehead atoms. The molecule has 3 heteroatoms. The zero-order chi connectivity index (χ0) is 8.97. The highest BCUT2D eigenvalue weighted by atomic mass is 35.5. The highest BCUT2D eigenvalue weighted by Gasteiger charge is 2.06. The Kier molecular flexibility index (Phi) is 5.19. The fourth-order valence-electron chi connectivity index (χ4n) is 1.07. The summed E-state index contributed by atoms with van der Waals surface area (Å²) in [7, 11) is 1.63. The van der Waals surface area contributed by atoms with Crippen LogP contribution in [-0.4, -0.2) is 7.11 Å². The lowest BCUT2D eigenvalue weighted by Gasteiger charge is -2.10. The molecule has 13 heavy (non-hydrogen) atoms. The van der Waals surface area contributed by atoms with Gasteiger partial charge in [0, 0.05) is 5.56 Å². The van der Waals surface area contributed by atoms with Gasteiger partial charge in [0.15, 0.2) is 0 Å². The third-order valence-electron chi connectivity index (χ3n) is 1.75. The molecule has 0 spiro atoms. The van der Waals surface area contributed by atoms with Crippen molar-refractivity contribution in [1.29, 1.82) is 0 Å². The quantitative estimate of drug-likeness (QED) is 0.759. The maximum absolute atomic E-state index is 5.77. The Morgan fingerprint density at radius 1 is 1.46 bits per heavy atom. The van der Waals surface area contributed by atoms with Crippen LogP contribution in [0.4, 0.5) is 0 Å². The molecule has 72 valence electrons. The number of hydrogen-bond acceptors (Lipinski definition) is 2. The number of hydrogen-bond donors (Lipinski definition) is 1. The van der Waals surface area contributed by atoms with E-state index in [1.54, 1.807) is 13.2 Å². The van der Waals surface area contributed by atoms with Gasteiger partial charge in [-0.25, -0.2) is 0 Å². The van der Waals surface area contributed by atoms with E-state index in [0.717, 1.165) is 11.3 Å². The largest absolute Gasteiger partial charge is 0.496 e. The van der Waals surface area contributed by atoms with Gasteiger partial charge in [-0.15, -0.1) is 19.0 Å². The van der Waals surface area contributed by atoms with Crippen LogP contribution in [0.1, 0.15) is 11.6 Å². The molecule has 2 N–H and O–H groups in total. The van der Waals surface area contributed by atoms with Gasteiger partial charge in [-0.2, -0.15) is 0 Å². The van der Waals surface area contributed by atoms with Crippen LogP contribution in [0, 0.1) is 0 Å². The zero-order valence-electron chi connectivity index (χ0n) is 7.57. The lowest BCUT2D eigenvalue weighted by molar-refractivity contribution is 0.408. The highest BCUT2D eigenvalue weighted by molar-refractivity contribution is 5.85. The van der Waals surface area contributed by atoms with Crippen molar-refractivity contribution in [2.24, 2.45) is 5.73 Å². The average molecular weight is 200 g/mol. The number of para-hydroxylation sites is 1. The topological polar surface area (TPSA) is 35.2 Å². The van der Waals surface area contributed by atoms with Crippen LogP contribution in [-0.2, 0) is 0 Å². The molecule has 1 aromatic carbocycles. The van der Waals surface area contributed by atoms with Crippen LogP contribution >= 0.6 is 12.4 Å². The van der Waals surface area contributed by atoms with Crippen LogP contribution in [0.25, 0.3) is 0 Å². The molecule has 1 unspecified atom stereocenters. The first-order chi connectivity index (χ1) is 5.79. The Labute approximate surface area is 84.8 Å². The van der Waals surface area contributed by atoms with E-state index in [1.807, 2.05) is 24.3 Å². The maximum Gasteiger partial charge on any atom is 0.123 e. The van der Waals surface area contributed by atoms with Crippen molar-refractivity contribution in [3.8, 4) is 5.75 Å². The predicted octanol–water partition coefficient (Wildman–Crippen LogP) is 2.30. The molecule has 0 aliphatic rings. The minimum Gasteiger partial charge on any atom is -0.496 e. The SMILES string of the molecule is C=CC(N)c1ccccc1OC.Cl. The van der Waals surface area contributed by atoms with Gasteiger partial charge in [-0.1, -0.05) is 24.3 Å². The molecule has 1 atom stereocenters. The van der Waals surface area contributed by atoms with E-state index in [1.165, 1.54) is 0 Å². The fourth-order valence-corrected chi connectivity index (χ4v) is 1.07. The van der Waals surface area contributed by atoms with Crippen molar-refractivity contribution in [2.75, 3.05) is 7.11 Å². The molecule has 0 radical (unpaired) electrons. The van der Waals surface area contributed by atoms with Gasteiger partial charge in [0.2, 0.25) is 0 Å². The molecule has 0 aromatic heterocycles. The fraction of sp³-hybridized carbons (Fsp3) is 0.200. The normalized spacial score (nSPS) is 11.2. The average Bonchev–Trinajstić information content (AvgIpc) is 2.16. The first-order valence-electron chi connectivity index (χ1n) is 3.80. The molecule has 0 fully saturated rings. The standard InChI is InChI=1S/C10H13NO.ClH/c1-3-9(11)8-6-4-5-7-10(8)12-2;/h3-7,9H,1,11H2,2H3;1H. The van der Waals surface area contributed by atoms with E-state index in [2.05, 4.69) is 6.58 Å². The van der Waals surface area contributed by atoms with Crippen LogP contribution in [0.15, 0.2) is 36.9 Å². The van der Waals surface area contributed by atoms with Gasteiger partial charge in [0.05, 0.1) is 13.2 Å². The summed E-state index contributed by atoms with van der Waals surface area (Å²) in [5, 5.41) is 0. The number of rotatable bonds is 3. The summed E-state index contributed by atoms with van der Waals surface area (Å²) >= 11 is 0. The van der Waals surface area contributed by atoms with Crippen molar-refractivity contribution in [1.82, 2.24) is 0 Å². The molecule has 0 heterocycles. The van der Waals surface area contributed by atoms with Gasteiger partial charge < -0.3 is 10.5 Å². The second-order valence-corrected chi connectivity index (χ2v) is 2.50. The van der Waals surface area contributed by atoms with Crippen LogP contribution in [0.5, 0.6) is 5.75 Å². The van der Waals surface area contributed by atoms with Crippen molar-refractivity contribution in [3.63, 3.8) is 0 Å². The second kappa shape index (κ2) is 5.62. The van der Waals surface area contributed by atoms with E-state index < -0.39 is 0 Å². The van der Waals surface area contributed by atoms with Crippen molar-refractivity contribution < 1.29 is 4.74 Å². The summed E-state index contributed by atoms with van der Waals surface area (Å²) in [6.07, 6.45) is 1.69. The van der Waals surface area contributed by atoms with Crippen molar-refractivity contribution in [3.05, 3.63) is 42.5 Å². The Bertz CT molecular complexity index is 275. The van der Waals surface area contributed by atoms with Crippen molar-refractivity contribution >= 4 is 12.4 Å². The number of halogens is 1. The molecule has 1 aromatic rings. The summed E-state index contributed by atoms with van der Waals surface area (Å²) < 4.78 is 5.14. The number of benzene rings is 1. The van der Waals surface area contributed by atoms with Crippen LogP contribution < -0.4 is 10.5 Å². The summed E-state index contributed by atoms with van der Waals surface area (Å²) in [6, 6.07) is 7.52. The molecular formula is C10H14ClNO. The van der Waals surface area contributed by atoms with Crippen LogP contribution in [0.3, 0.4) is 0 Å². The lowest BCUT2D eigenvalue weighted by Crippen LogP contribution is -2.07. The van der Waals surface area contributed by atoms with Gasteiger partial charge in [0.1, 0.15) is 5.75 Å². The lowest BCUT2D eigenvalue weighted by atomic mass is 10.1. The maximum atomic E-state index is 5.77. The second-order valence-electron chi connectivity index (χ2n) is 2.50. The first kappa shape index (κ1) is 12.0. The molecular weight excluding hydrogens is 186 g/mol. The third-order valence-corrected chi connectivity index (χ3v) is 1.75. The van der Waals surface area contributed by atoms with Crippen molar-refractivity contribution in [2.45, 2.75) is 6.04 Å². The van der Waals surface area contributed by atoms with E-state index in [4.69, 9.17) is 10.5 Å². The highest BCUT2D eigenvalue weighted by Crippen LogP contribution is 2.23. The Morgan fingerprint density at radius 2 is 2.08 bits per heavy atom. The molecule has 0 aliphatic heterocycles. The summed E-state index contributed by atoms with van der Waals surface area (Å²) in [5.74, 6) is 0.810. The molecule has 0 aliphatic carbocycles. The van der Waals surface area contributed by atoms with E-state index in [0.29, 0.717) is 0 Å². The first-order valence-corrected chi connectivity index (χ1v) is 3.80. The molecule has 0 saturated carbocycles. The van der Waals surface area contributed by atoms with Gasteiger partial charge in [-0.3, -0.25) is 0 Å². The Balaban J connectivity index is 0.00000144. The van der Waals surface area contributed by atoms with Gasteiger partial charge in [-0.05, 0) is 6.07 Å². The monoisotopic (exact) mass is 199 g/mol. The smallest absolute Gasteiger partial charge is 0.123 e. The van der Waals surface area contributed by atoms with Crippen LogP contribution in [0.2, 0.25) is 0 Å². The number of nitrogens with two attached hydrogens (primary N) is 1. The molecule has 0 amide bonds. The molecule has 2 nitrogen and oxygen atoms in total. The van der Waals surface area contributed by atoms with E-state index in [-0.39, 0.29) is 18.4 Å². The third kappa shape index (κ3) is 2.76. The molecule has 0 saturated heterocycles. The number of ether oxygens (including phenoxy) is 1. The summed E-state index contributed by atoms with van der Waals surface area (Å²) in [4.78, 5) is 0. The van der Waals surface area contributed by atoms with Gasteiger partial charge >= 0.3 is 0 Å². The Hall–Kier alpha value is -0.990. The molecule has 1 rings (SSSR count). The zero-order valence-corrected chi connectivity index (χ0v) is 8.38. The predicted molar refractivity (Wildman–Crippen MR) is 57.4 cm³/mol. The minimum atomic E-state index is -0.152. The van der Waals surface area contributed by atoms with Gasteiger partial charge in [0.25, 0.3) is 0 Å². The minimum absolute atomic E-state index is 0. The van der Waals surface area contributed by atoms with E-state index >= 15 is 0 Å².